The van der Waals surface area contributed by atoms with E-state index in [1.54, 1.807) is 26.4 Å². The van der Waals surface area contributed by atoms with E-state index in [2.05, 4.69) is 5.32 Å². The Morgan fingerprint density at radius 1 is 1.07 bits per heavy atom. The van der Waals surface area contributed by atoms with Crippen LogP contribution in [0.2, 0.25) is 0 Å². The van der Waals surface area contributed by atoms with E-state index in [1.807, 2.05) is 18.2 Å². The largest absolute Gasteiger partial charge is 0.497 e. The topological polar surface area (TPSA) is 89.4 Å². The summed E-state index contributed by atoms with van der Waals surface area (Å²) < 4.78 is 38.1. The lowest BCUT2D eigenvalue weighted by molar-refractivity contribution is -0.917. The van der Waals surface area contributed by atoms with Crippen LogP contribution in [0.15, 0.2) is 47.4 Å². The maximum Gasteiger partial charge on any atom is 0.243 e. The van der Waals surface area contributed by atoms with E-state index in [0.717, 1.165) is 23.6 Å². The molecule has 0 radical (unpaired) electrons. The summed E-state index contributed by atoms with van der Waals surface area (Å²) in [4.78, 5) is 12.7. The molecule has 0 unspecified atom stereocenters. The minimum atomic E-state index is -3.56. The molecule has 0 spiro atoms. The first-order valence-electron chi connectivity index (χ1n) is 9.75. The zero-order chi connectivity index (χ0) is 21.7. The highest BCUT2D eigenvalue weighted by atomic mass is 32.2. The molecule has 8 nitrogen and oxygen atoms in total. The van der Waals surface area contributed by atoms with Gasteiger partial charge in [0.25, 0.3) is 0 Å². The zero-order valence-corrected chi connectivity index (χ0v) is 18.3. The highest BCUT2D eigenvalue weighted by molar-refractivity contribution is 7.89. The third-order valence-corrected chi connectivity index (χ3v) is 7.09. The Hall–Kier alpha value is -2.62. The number of anilines is 1. The number of sulfonamides is 1. The van der Waals surface area contributed by atoms with Crippen molar-refractivity contribution in [2.75, 3.05) is 45.7 Å². The van der Waals surface area contributed by atoms with Crippen LogP contribution in [-0.4, -0.2) is 59.0 Å². The third-order valence-electron chi connectivity index (χ3n) is 5.18. The number of methoxy groups -OCH3 is 2. The van der Waals surface area contributed by atoms with Crippen molar-refractivity contribution in [1.29, 1.82) is 0 Å². The van der Waals surface area contributed by atoms with Crippen molar-refractivity contribution >= 4 is 21.6 Å². The molecule has 1 aliphatic rings. The number of quaternary nitrogens is 1. The van der Waals surface area contributed by atoms with Gasteiger partial charge in [0.2, 0.25) is 15.9 Å². The maximum absolute atomic E-state index is 13.0. The third kappa shape index (κ3) is 5.10. The molecule has 162 valence electrons. The van der Waals surface area contributed by atoms with Crippen molar-refractivity contribution in [3.8, 4) is 11.5 Å². The number of amides is 1. The number of benzene rings is 2. The molecule has 2 aromatic carbocycles. The molecular weight excluding hydrogens is 406 g/mol. The molecule has 1 amide bonds. The SMILES string of the molecule is COc1ccc(C[NH+]2CCN(S(=O)(=O)c3ccc(NC(C)=O)cc3)CC2)c(OC)c1. The van der Waals surface area contributed by atoms with Gasteiger partial charge in [-0.3, -0.25) is 4.79 Å². The van der Waals surface area contributed by atoms with E-state index in [1.165, 1.54) is 28.3 Å². The molecule has 0 aromatic heterocycles. The molecule has 2 N–H and O–H groups in total. The van der Waals surface area contributed by atoms with Crippen LogP contribution in [0.4, 0.5) is 5.69 Å². The quantitative estimate of drug-likeness (QED) is 0.671. The normalized spacial score (nSPS) is 15.6. The predicted octanol–water partition coefficient (Wildman–Crippen LogP) is 0.752. The van der Waals surface area contributed by atoms with Crippen LogP contribution in [0, 0.1) is 0 Å². The summed E-state index contributed by atoms with van der Waals surface area (Å²) in [7, 11) is -0.307. The smallest absolute Gasteiger partial charge is 0.243 e. The van der Waals surface area contributed by atoms with E-state index in [4.69, 9.17) is 9.47 Å². The lowest BCUT2D eigenvalue weighted by Gasteiger charge is -2.31. The standard InChI is InChI=1S/C21H27N3O5S/c1-16(25)22-18-5-8-20(9-6-18)30(26,27)24-12-10-23(11-13-24)15-17-4-7-19(28-2)14-21(17)29-3/h4-9,14H,10-13,15H2,1-3H3,(H,22,25)/p+1. The monoisotopic (exact) mass is 434 g/mol. The van der Waals surface area contributed by atoms with Crippen molar-refractivity contribution in [3.05, 3.63) is 48.0 Å². The van der Waals surface area contributed by atoms with Gasteiger partial charge < -0.3 is 19.7 Å². The van der Waals surface area contributed by atoms with Crippen LogP contribution < -0.4 is 19.7 Å². The van der Waals surface area contributed by atoms with Gasteiger partial charge in [-0.15, -0.1) is 0 Å². The van der Waals surface area contributed by atoms with Gasteiger partial charge in [0, 0.05) is 24.2 Å². The Kier molecular flexibility index (Phi) is 6.96. The van der Waals surface area contributed by atoms with Gasteiger partial charge in [-0.05, 0) is 36.4 Å². The Morgan fingerprint density at radius 2 is 1.73 bits per heavy atom. The zero-order valence-electron chi connectivity index (χ0n) is 17.5. The average Bonchev–Trinajstić information content (AvgIpc) is 2.74. The summed E-state index contributed by atoms with van der Waals surface area (Å²) in [6.07, 6.45) is 0. The number of carbonyl (C=O) groups excluding carboxylic acids is 1. The molecule has 9 heteroatoms. The van der Waals surface area contributed by atoms with Crippen molar-refractivity contribution in [3.63, 3.8) is 0 Å². The summed E-state index contributed by atoms with van der Waals surface area (Å²) in [6, 6.07) is 12.0. The van der Waals surface area contributed by atoms with Crippen LogP contribution in [-0.2, 0) is 21.4 Å². The number of carbonyl (C=O) groups is 1. The van der Waals surface area contributed by atoms with E-state index >= 15 is 0 Å². The van der Waals surface area contributed by atoms with Gasteiger partial charge in [0.1, 0.15) is 18.0 Å². The van der Waals surface area contributed by atoms with E-state index in [9.17, 15) is 13.2 Å². The Balaban J connectivity index is 1.63. The molecule has 3 rings (SSSR count). The predicted molar refractivity (Wildman–Crippen MR) is 113 cm³/mol. The number of piperazine rings is 1. The molecule has 1 fully saturated rings. The van der Waals surface area contributed by atoms with Crippen molar-refractivity contribution < 1.29 is 27.6 Å². The van der Waals surface area contributed by atoms with Crippen LogP contribution in [0.1, 0.15) is 12.5 Å². The summed E-state index contributed by atoms with van der Waals surface area (Å²) in [6.45, 7) is 4.48. The van der Waals surface area contributed by atoms with Crippen LogP contribution in [0.5, 0.6) is 11.5 Å². The lowest BCUT2D eigenvalue weighted by Crippen LogP contribution is -3.13. The fourth-order valence-corrected chi connectivity index (χ4v) is 4.99. The summed E-state index contributed by atoms with van der Waals surface area (Å²) >= 11 is 0. The van der Waals surface area contributed by atoms with Crippen LogP contribution in [0.3, 0.4) is 0 Å². The Labute approximate surface area is 177 Å². The first-order valence-corrected chi connectivity index (χ1v) is 11.2. The molecule has 1 saturated heterocycles. The first kappa shape index (κ1) is 22.1. The average molecular weight is 435 g/mol. The molecule has 1 aliphatic heterocycles. The Bertz CT molecular complexity index is 984. The number of hydrogen-bond donors (Lipinski definition) is 2. The van der Waals surface area contributed by atoms with Crippen molar-refractivity contribution in [1.82, 2.24) is 4.31 Å². The molecule has 0 aliphatic carbocycles. The maximum atomic E-state index is 13.0. The highest BCUT2D eigenvalue weighted by Crippen LogP contribution is 2.24. The van der Waals surface area contributed by atoms with E-state index < -0.39 is 10.0 Å². The number of nitrogens with one attached hydrogen (secondary N) is 2. The summed E-state index contributed by atoms with van der Waals surface area (Å²) in [5.74, 6) is 1.32. The van der Waals surface area contributed by atoms with Gasteiger partial charge in [-0.25, -0.2) is 8.42 Å². The number of rotatable bonds is 7. The van der Waals surface area contributed by atoms with Crippen LogP contribution in [0.25, 0.3) is 0 Å². The second-order valence-electron chi connectivity index (χ2n) is 7.21. The number of nitrogens with zero attached hydrogens (tertiary/aromatic N) is 1. The van der Waals surface area contributed by atoms with Gasteiger partial charge in [-0.1, -0.05) is 0 Å². The molecule has 1 heterocycles. The first-order chi connectivity index (χ1) is 14.3. The molecule has 30 heavy (non-hydrogen) atoms. The van der Waals surface area contributed by atoms with E-state index in [0.29, 0.717) is 31.9 Å². The number of hydrogen-bond acceptors (Lipinski definition) is 5. The van der Waals surface area contributed by atoms with Crippen molar-refractivity contribution in [2.24, 2.45) is 0 Å². The molecular formula is C21H28N3O5S+. The fourth-order valence-electron chi connectivity index (χ4n) is 3.55. The molecule has 0 bridgehead atoms. The van der Waals surface area contributed by atoms with Crippen LogP contribution >= 0.6 is 0 Å². The van der Waals surface area contributed by atoms with Gasteiger partial charge in [-0.2, -0.15) is 4.31 Å². The van der Waals surface area contributed by atoms with E-state index in [-0.39, 0.29) is 10.8 Å². The fraction of sp³-hybridized carbons (Fsp3) is 0.381. The summed E-state index contributed by atoms with van der Waals surface area (Å²) in [5, 5.41) is 2.64. The van der Waals surface area contributed by atoms with Gasteiger partial charge in [0.15, 0.2) is 0 Å². The molecule has 0 saturated carbocycles. The molecule has 0 atom stereocenters. The number of ether oxygens (including phenoxy) is 2. The molecule has 2 aromatic rings. The van der Waals surface area contributed by atoms with Gasteiger partial charge >= 0.3 is 0 Å². The minimum Gasteiger partial charge on any atom is -0.497 e. The van der Waals surface area contributed by atoms with Gasteiger partial charge in [0.05, 0.1) is 45.3 Å². The Morgan fingerprint density at radius 3 is 2.30 bits per heavy atom. The second-order valence-corrected chi connectivity index (χ2v) is 9.15. The summed E-state index contributed by atoms with van der Waals surface area (Å²) in [5.41, 5.74) is 1.64. The second kappa shape index (κ2) is 9.46. The van der Waals surface area contributed by atoms with Crippen molar-refractivity contribution in [2.45, 2.75) is 18.4 Å². The lowest BCUT2D eigenvalue weighted by atomic mass is 10.1. The highest BCUT2D eigenvalue weighted by Gasteiger charge is 2.30. The minimum absolute atomic E-state index is 0.196.